The van der Waals surface area contributed by atoms with E-state index in [-0.39, 0.29) is 6.61 Å². The lowest BCUT2D eigenvalue weighted by Crippen LogP contribution is -1.84. The molecule has 0 aliphatic heterocycles. The molecular weight excluding hydrogens is 268 g/mol. The molecule has 0 saturated carbocycles. The highest BCUT2D eigenvalue weighted by Crippen LogP contribution is 2.25. The molecule has 3 rings (SSSR count). The fourth-order valence-electron chi connectivity index (χ4n) is 1.99. The minimum absolute atomic E-state index is 0.0205. The van der Waals surface area contributed by atoms with Crippen molar-refractivity contribution in [2.45, 2.75) is 6.61 Å². The Labute approximate surface area is 121 Å². The van der Waals surface area contributed by atoms with E-state index in [1.165, 1.54) is 0 Å². The molecule has 0 unspecified atom stereocenters. The third-order valence-corrected chi connectivity index (χ3v) is 3.12. The highest BCUT2D eigenvalue weighted by Gasteiger charge is 2.10. The molecule has 5 heteroatoms. The first kappa shape index (κ1) is 13.3. The Morgan fingerprint density at radius 3 is 2.38 bits per heavy atom. The zero-order valence-corrected chi connectivity index (χ0v) is 11.5. The molecule has 0 aliphatic rings. The van der Waals surface area contributed by atoms with E-state index >= 15 is 0 Å². The lowest BCUT2D eigenvalue weighted by atomic mass is 10.1. The van der Waals surface area contributed by atoms with Crippen LogP contribution in [0.3, 0.4) is 0 Å². The number of ether oxygens (including phenoxy) is 1. The van der Waals surface area contributed by atoms with E-state index in [2.05, 4.69) is 10.2 Å². The molecule has 2 aromatic carbocycles. The van der Waals surface area contributed by atoms with Crippen LogP contribution in [0.1, 0.15) is 5.56 Å². The molecule has 0 saturated heterocycles. The Kier molecular flexibility index (Phi) is 3.66. The molecule has 5 nitrogen and oxygen atoms in total. The molecule has 0 spiro atoms. The predicted molar refractivity (Wildman–Crippen MR) is 77.6 cm³/mol. The quantitative estimate of drug-likeness (QED) is 0.796. The highest BCUT2D eigenvalue weighted by molar-refractivity contribution is 5.59. The zero-order valence-electron chi connectivity index (χ0n) is 11.5. The SMILES string of the molecule is COc1ccc(-c2nnc(-c3cccc(CO)c3)o2)cc1. The predicted octanol–water partition coefficient (Wildman–Crippen LogP) is 2.90. The Morgan fingerprint density at radius 2 is 1.71 bits per heavy atom. The van der Waals surface area contributed by atoms with Gasteiger partial charge in [-0.3, -0.25) is 0 Å². The Bertz CT molecular complexity index is 735. The maximum Gasteiger partial charge on any atom is 0.248 e. The average Bonchev–Trinajstić information content (AvgIpc) is 3.05. The van der Waals surface area contributed by atoms with E-state index in [0.717, 1.165) is 22.4 Å². The van der Waals surface area contributed by atoms with Gasteiger partial charge in [-0.25, -0.2) is 0 Å². The summed E-state index contributed by atoms with van der Waals surface area (Å²) in [7, 11) is 1.62. The summed E-state index contributed by atoms with van der Waals surface area (Å²) in [6.45, 7) is -0.0205. The molecule has 1 N–H and O–H groups in total. The van der Waals surface area contributed by atoms with Crippen LogP contribution in [0.5, 0.6) is 5.75 Å². The van der Waals surface area contributed by atoms with Crippen LogP contribution in [0.4, 0.5) is 0 Å². The number of benzene rings is 2. The van der Waals surface area contributed by atoms with Gasteiger partial charge in [-0.05, 0) is 42.0 Å². The van der Waals surface area contributed by atoms with Gasteiger partial charge in [0.2, 0.25) is 11.8 Å². The van der Waals surface area contributed by atoms with Crippen molar-refractivity contribution in [1.82, 2.24) is 10.2 Å². The van der Waals surface area contributed by atoms with Crippen LogP contribution in [-0.4, -0.2) is 22.4 Å². The summed E-state index contributed by atoms with van der Waals surface area (Å²) in [5.74, 6) is 1.65. The van der Waals surface area contributed by atoms with Crippen LogP contribution in [0.15, 0.2) is 52.9 Å². The summed E-state index contributed by atoms with van der Waals surface area (Å²) in [5.41, 5.74) is 2.42. The van der Waals surface area contributed by atoms with E-state index in [4.69, 9.17) is 14.3 Å². The van der Waals surface area contributed by atoms with Crippen molar-refractivity contribution in [1.29, 1.82) is 0 Å². The van der Waals surface area contributed by atoms with Gasteiger partial charge in [0.1, 0.15) is 5.75 Å². The van der Waals surface area contributed by atoms with E-state index in [1.807, 2.05) is 48.5 Å². The fraction of sp³-hybridized carbons (Fsp3) is 0.125. The van der Waals surface area contributed by atoms with E-state index in [9.17, 15) is 0 Å². The van der Waals surface area contributed by atoms with E-state index in [1.54, 1.807) is 7.11 Å². The van der Waals surface area contributed by atoms with E-state index < -0.39 is 0 Å². The number of nitrogens with zero attached hydrogens (tertiary/aromatic N) is 2. The maximum absolute atomic E-state index is 9.16. The first-order chi connectivity index (χ1) is 10.3. The molecule has 0 aliphatic carbocycles. The standard InChI is InChI=1S/C16H14N2O3/c1-20-14-7-5-12(6-8-14)15-17-18-16(21-15)13-4-2-3-11(9-13)10-19/h2-9,19H,10H2,1H3. The molecular formula is C16H14N2O3. The normalized spacial score (nSPS) is 10.6. The fourth-order valence-corrected chi connectivity index (χ4v) is 1.99. The Hall–Kier alpha value is -2.66. The van der Waals surface area contributed by atoms with Crippen molar-refractivity contribution >= 4 is 0 Å². The molecule has 0 amide bonds. The number of methoxy groups -OCH3 is 1. The Balaban J connectivity index is 1.91. The topological polar surface area (TPSA) is 68.4 Å². The molecule has 21 heavy (non-hydrogen) atoms. The highest BCUT2D eigenvalue weighted by atomic mass is 16.5. The van der Waals surface area contributed by atoms with Gasteiger partial charge < -0.3 is 14.3 Å². The van der Waals surface area contributed by atoms with Crippen molar-refractivity contribution in [2.75, 3.05) is 7.11 Å². The number of hydrogen-bond donors (Lipinski definition) is 1. The van der Waals surface area contributed by atoms with Crippen LogP contribution in [-0.2, 0) is 6.61 Å². The van der Waals surface area contributed by atoms with Crippen molar-refractivity contribution in [2.24, 2.45) is 0 Å². The number of hydrogen-bond acceptors (Lipinski definition) is 5. The summed E-state index contributed by atoms with van der Waals surface area (Å²) in [6, 6.07) is 14.8. The number of aromatic nitrogens is 2. The van der Waals surface area contributed by atoms with Crippen molar-refractivity contribution in [3.63, 3.8) is 0 Å². The van der Waals surface area contributed by atoms with Gasteiger partial charge in [-0.1, -0.05) is 12.1 Å². The smallest absolute Gasteiger partial charge is 0.248 e. The van der Waals surface area contributed by atoms with Gasteiger partial charge in [0.25, 0.3) is 0 Å². The molecule has 1 heterocycles. The lowest BCUT2D eigenvalue weighted by Gasteiger charge is -2.00. The van der Waals surface area contributed by atoms with Crippen LogP contribution in [0.25, 0.3) is 22.9 Å². The van der Waals surface area contributed by atoms with Crippen LogP contribution in [0.2, 0.25) is 0 Å². The molecule has 3 aromatic rings. The maximum atomic E-state index is 9.16. The molecule has 0 bridgehead atoms. The second kappa shape index (κ2) is 5.76. The first-order valence-corrected chi connectivity index (χ1v) is 6.48. The minimum atomic E-state index is -0.0205. The molecule has 1 aromatic heterocycles. The van der Waals surface area contributed by atoms with Crippen molar-refractivity contribution in [3.05, 3.63) is 54.1 Å². The van der Waals surface area contributed by atoms with Crippen LogP contribution in [0, 0.1) is 0 Å². The third kappa shape index (κ3) is 2.78. The van der Waals surface area contributed by atoms with Crippen molar-refractivity contribution < 1.29 is 14.3 Å². The zero-order chi connectivity index (χ0) is 14.7. The summed E-state index contributed by atoms with van der Waals surface area (Å²) in [5, 5.41) is 17.3. The Morgan fingerprint density at radius 1 is 1.00 bits per heavy atom. The van der Waals surface area contributed by atoms with Gasteiger partial charge in [-0.2, -0.15) is 0 Å². The largest absolute Gasteiger partial charge is 0.497 e. The van der Waals surface area contributed by atoms with Gasteiger partial charge in [0.15, 0.2) is 0 Å². The third-order valence-electron chi connectivity index (χ3n) is 3.12. The number of aliphatic hydroxyl groups excluding tert-OH is 1. The molecule has 0 radical (unpaired) electrons. The second-order valence-corrected chi connectivity index (χ2v) is 4.50. The van der Waals surface area contributed by atoms with Gasteiger partial charge in [-0.15, -0.1) is 10.2 Å². The van der Waals surface area contributed by atoms with Gasteiger partial charge in [0, 0.05) is 11.1 Å². The van der Waals surface area contributed by atoms with Gasteiger partial charge >= 0.3 is 0 Å². The monoisotopic (exact) mass is 282 g/mol. The van der Waals surface area contributed by atoms with Crippen LogP contribution < -0.4 is 4.74 Å². The minimum Gasteiger partial charge on any atom is -0.497 e. The summed E-state index contributed by atoms with van der Waals surface area (Å²) in [4.78, 5) is 0. The average molecular weight is 282 g/mol. The molecule has 106 valence electrons. The number of rotatable bonds is 4. The van der Waals surface area contributed by atoms with E-state index in [0.29, 0.717) is 11.8 Å². The first-order valence-electron chi connectivity index (χ1n) is 6.48. The molecule has 0 atom stereocenters. The summed E-state index contributed by atoms with van der Waals surface area (Å²) >= 11 is 0. The van der Waals surface area contributed by atoms with Crippen molar-refractivity contribution in [3.8, 4) is 28.7 Å². The second-order valence-electron chi connectivity index (χ2n) is 4.50. The number of aliphatic hydroxyl groups is 1. The lowest BCUT2D eigenvalue weighted by molar-refractivity contribution is 0.282. The van der Waals surface area contributed by atoms with Gasteiger partial charge in [0.05, 0.1) is 13.7 Å². The summed E-state index contributed by atoms with van der Waals surface area (Å²) in [6.07, 6.45) is 0. The van der Waals surface area contributed by atoms with Crippen LogP contribution >= 0.6 is 0 Å². The molecule has 0 fully saturated rings. The summed E-state index contributed by atoms with van der Waals surface area (Å²) < 4.78 is 10.8.